The van der Waals surface area contributed by atoms with Crippen molar-refractivity contribution >= 4 is 35.6 Å². The molecule has 0 atom stereocenters. The Morgan fingerprint density at radius 1 is 1.20 bits per heavy atom. The van der Waals surface area contributed by atoms with E-state index in [1.807, 2.05) is 6.07 Å². The Labute approximate surface area is 137 Å². The van der Waals surface area contributed by atoms with Crippen LogP contribution in [0.5, 0.6) is 0 Å². The van der Waals surface area contributed by atoms with E-state index in [4.69, 9.17) is 23.2 Å². The van der Waals surface area contributed by atoms with E-state index in [2.05, 4.69) is 16.3 Å². The number of piperidine rings is 1. The third-order valence-electron chi connectivity index (χ3n) is 4.31. The molecule has 20 heavy (non-hydrogen) atoms. The van der Waals surface area contributed by atoms with E-state index in [-0.39, 0.29) is 12.4 Å². The number of nitrogens with one attached hydrogen (secondary N) is 1. The van der Waals surface area contributed by atoms with Gasteiger partial charge in [-0.05, 0) is 61.5 Å². The van der Waals surface area contributed by atoms with Crippen LogP contribution in [0.1, 0.15) is 24.0 Å². The van der Waals surface area contributed by atoms with Crippen LogP contribution >= 0.6 is 35.6 Å². The quantitative estimate of drug-likeness (QED) is 0.885. The number of fused-ring (bicyclic) bond motifs is 1. The van der Waals surface area contributed by atoms with Crippen molar-refractivity contribution in [3.63, 3.8) is 0 Å². The second-order valence-electron chi connectivity index (χ2n) is 5.70. The first-order chi connectivity index (χ1) is 9.22. The highest BCUT2D eigenvalue weighted by atomic mass is 35.5. The van der Waals surface area contributed by atoms with Crippen LogP contribution in [0.25, 0.3) is 0 Å². The number of nitrogens with zero attached hydrogens (tertiary/aromatic N) is 1. The van der Waals surface area contributed by atoms with Gasteiger partial charge < -0.3 is 5.32 Å². The van der Waals surface area contributed by atoms with Crippen LogP contribution in [-0.4, -0.2) is 31.1 Å². The number of halogens is 3. The molecule has 112 valence electrons. The summed E-state index contributed by atoms with van der Waals surface area (Å²) >= 11 is 12.4. The largest absolute Gasteiger partial charge is 0.317 e. The molecular weight excluding hydrogens is 315 g/mol. The molecule has 2 aliphatic rings. The summed E-state index contributed by atoms with van der Waals surface area (Å²) in [6.07, 6.45) is 3.68. The summed E-state index contributed by atoms with van der Waals surface area (Å²) in [5.41, 5.74) is 2.62. The molecule has 1 aromatic carbocycles. The average Bonchev–Trinajstić information content (AvgIpc) is 2.40. The molecule has 1 N–H and O–H groups in total. The van der Waals surface area contributed by atoms with E-state index in [1.54, 1.807) is 0 Å². The Morgan fingerprint density at radius 2 is 1.95 bits per heavy atom. The summed E-state index contributed by atoms with van der Waals surface area (Å²) in [6.45, 7) is 5.67. The Morgan fingerprint density at radius 3 is 2.70 bits per heavy atom. The van der Waals surface area contributed by atoms with Gasteiger partial charge in [-0.3, -0.25) is 4.90 Å². The van der Waals surface area contributed by atoms with Crippen molar-refractivity contribution in [3.8, 4) is 0 Å². The van der Waals surface area contributed by atoms with Crippen LogP contribution in [0, 0.1) is 5.92 Å². The van der Waals surface area contributed by atoms with Gasteiger partial charge in [-0.1, -0.05) is 23.2 Å². The van der Waals surface area contributed by atoms with Crippen LogP contribution in [-0.2, 0) is 13.0 Å². The van der Waals surface area contributed by atoms with Crippen molar-refractivity contribution < 1.29 is 0 Å². The van der Waals surface area contributed by atoms with Gasteiger partial charge in [0, 0.05) is 29.7 Å². The molecule has 2 nitrogen and oxygen atoms in total. The minimum Gasteiger partial charge on any atom is -0.317 e. The van der Waals surface area contributed by atoms with E-state index < -0.39 is 0 Å². The number of benzene rings is 1. The van der Waals surface area contributed by atoms with Gasteiger partial charge >= 0.3 is 0 Å². The molecule has 1 aromatic rings. The van der Waals surface area contributed by atoms with Crippen molar-refractivity contribution in [2.24, 2.45) is 5.92 Å². The molecule has 0 aliphatic carbocycles. The maximum atomic E-state index is 6.33. The molecule has 0 spiro atoms. The highest BCUT2D eigenvalue weighted by Gasteiger charge is 2.22. The van der Waals surface area contributed by atoms with E-state index in [0.717, 1.165) is 35.5 Å². The smallest absolute Gasteiger partial charge is 0.0468 e. The lowest BCUT2D eigenvalue weighted by atomic mass is 9.94. The molecule has 0 radical (unpaired) electrons. The summed E-state index contributed by atoms with van der Waals surface area (Å²) in [4.78, 5) is 2.55. The molecule has 3 rings (SSSR count). The second-order valence-corrected chi connectivity index (χ2v) is 6.55. The Hall–Kier alpha value is 0.01000. The molecule has 0 saturated carbocycles. The molecule has 1 saturated heterocycles. The summed E-state index contributed by atoms with van der Waals surface area (Å²) in [5.74, 6) is 0.842. The maximum Gasteiger partial charge on any atom is 0.0468 e. The third-order valence-corrected chi connectivity index (χ3v) is 4.86. The lowest BCUT2D eigenvalue weighted by Crippen LogP contribution is -2.38. The van der Waals surface area contributed by atoms with E-state index in [0.29, 0.717) is 0 Å². The second kappa shape index (κ2) is 7.33. The lowest BCUT2D eigenvalue weighted by molar-refractivity contribution is 0.191. The van der Waals surface area contributed by atoms with Crippen LogP contribution in [0.2, 0.25) is 10.0 Å². The van der Waals surface area contributed by atoms with Crippen molar-refractivity contribution in [2.45, 2.75) is 25.8 Å². The van der Waals surface area contributed by atoms with E-state index >= 15 is 0 Å². The number of hydrogen-bond acceptors (Lipinski definition) is 2. The fourth-order valence-corrected chi connectivity index (χ4v) is 3.82. The third kappa shape index (κ3) is 3.80. The van der Waals surface area contributed by atoms with Gasteiger partial charge in [-0.15, -0.1) is 12.4 Å². The molecule has 0 aromatic heterocycles. The summed E-state index contributed by atoms with van der Waals surface area (Å²) in [7, 11) is 0. The van der Waals surface area contributed by atoms with Crippen molar-refractivity contribution in [1.29, 1.82) is 0 Å². The SMILES string of the molecule is Cl.Clc1cc(Cl)c2c(c1)CCN(CC1CCNCC1)C2. The standard InChI is InChI=1S/C15H20Cl2N2.ClH/c16-13-7-12-3-6-19(10-14(12)15(17)8-13)9-11-1-4-18-5-2-11;/h7-8,11,18H,1-6,9-10H2;1H. The average molecular weight is 336 g/mol. The molecule has 0 unspecified atom stereocenters. The van der Waals surface area contributed by atoms with Gasteiger partial charge in [-0.25, -0.2) is 0 Å². The first-order valence-corrected chi connectivity index (χ1v) is 7.88. The fraction of sp³-hybridized carbons (Fsp3) is 0.600. The van der Waals surface area contributed by atoms with E-state index in [9.17, 15) is 0 Å². The highest BCUT2D eigenvalue weighted by molar-refractivity contribution is 6.35. The Bertz CT molecular complexity index is 459. The van der Waals surface area contributed by atoms with Crippen molar-refractivity contribution in [1.82, 2.24) is 10.2 Å². The first kappa shape index (κ1) is 16.4. The zero-order chi connectivity index (χ0) is 13.2. The molecule has 2 heterocycles. The van der Waals surface area contributed by atoms with Gasteiger partial charge in [-0.2, -0.15) is 0 Å². The predicted octanol–water partition coefficient (Wildman–Crippen LogP) is 3.77. The monoisotopic (exact) mass is 334 g/mol. The Kier molecular flexibility index (Phi) is 6.00. The summed E-state index contributed by atoms with van der Waals surface area (Å²) < 4.78 is 0. The van der Waals surface area contributed by atoms with Gasteiger partial charge in [0.15, 0.2) is 0 Å². The van der Waals surface area contributed by atoms with Crippen LogP contribution in [0.3, 0.4) is 0 Å². The van der Waals surface area contributed by atoms with Gasteiger partial charge in [0.05, 0.1) is 0 Å². The van der Waals surface area contributed by atoms with Gasteiger partial charge in [0.25, 0.3) is 0 Å². The number of hydrogen-bond donors (Lipinski definition) is 1. The maximum absolute atomic E-state index is 6.33. The molecule has 0 amide bonds. The predicted molar refractivity (Wildman–Crippen MR) is 88.3 cm³/mol. The zero-order valence-corrected chi connectivity index (χ0v) is 13.8. The normalized spacial score (nSPS) is 20.3. The Balaban J connectivity index is 0.00000147. The van der Waals surface area contributed by atoms with Gasteiger partial charge in [0.1, 0.15) is 0 Å². The lowest BCUT2D eigenvalue weighted by Gasteiger charge is -2.34. The van der Waals surface area contributed by atoms with Crippen molar-refractivity contribution in [3.05, 3.63) is 33.3 Å². The minimum absolute atomic E-state index is 0. The van der Waals surface area contributed by atoms with Crippen molar-refractivity contribution in [2.75, 3.05) is 26.2 Å². The molecule has 0 bridgehead atoms. The topological polar surface area (TPSA) is 15.3 Å². The summed E-state index contributed by atoms with van der Waals surface area (Å²) in [6, 6.07) is 3.95. The summed E-state index contributed by atoms with van der Waals surface area (Å²) in [5, 5.41) is 5.02. The van der Waals surface area contributed by atoms with Crippen LogP contribution in [0.4, 0.5) is 0 Å². The van der Waals surface area contributed by atoms with Crippen LogP contribution < -0.4 is 5.32 Å². The molecular formula is C15H21Cl3N2. The number of rotatable bonds is 2. The highest BCUT2D eigenvalue weighted by Crippen LogP contribution is 2.30. The molecule has 2 aliphatic heterocycles. The zero-order valence-electron chi connectivity index (χ0n) is 11.5. The first-order valence-electron chi connectivity index (χ1n) is 7.12. The molecule has 5 heteroatoms. The van der Waals surface area contributed by atoms with E-state index in [1.165, 1.54) is 43.6 Å². The minimum atomic E-state index is 0. The molecule has 1 fully saturated rings. The fourth-order valence-electron chi connectivity index (χ4n) is 3.22. The van der Waals surface area contributed by atoms with Gasteiger partial charge in [0.2, 0.25) is 0 Å². The van der Waals surface area contributed by atoms with Crippen LogP contribution in [0.15, 0.2) is 12.1 Å².